The topological polar surface area (TPSA) is 96.2 Å². The average molecular weight is 358 g/mol. The van der Waals surface area contributed by atoms with Gasteiger partial charge in [-0.3, -0.25) is 9.48 Å². The molecule has 2 aromatic rings. The van der Waals surface area contributed by atoms with Crippen molar-refractivity contribution in [3.63, 3.8) is 0 Å². The minimum atomic E-state index is -0.990. The smallest absolute Gasteiger partial charge is 0.255 e. The summed E-state index contributed by atoms with van der Waals surface area (Å²) in [5.41, 5.74) is 1.19. The molecule has 3 heterocycles. The van der Waals surface area contributed by atoms with Crippen LogP contribution in [0, 0.1) is 13.8 Å². The molecular formula is C18H26N6O2. The first kappa shape index (κ1) is 18.3. The van der Waals surface area contributed by atoms with E-state index in [0.29, 0.717) is 36.7 Å². The van der Waals surface area contributed by atoms with Crippen LogP contribution in [-0.2, 0) is 6.54 Å². The van der Waals surface area contributed by atoms with Crippen LogP contribution in [0.25, 0.3) is 0 Å². The van der Waals surface area contributed by atoms with Crippen LogP contribution in [0.15, 0.2) is 18.5 Å². The third-order valence-electron chi connectivity index (χ3n) is 4.79. The van der Waals surface area contributed by atoms with E-state index in [2.05, 4.69) is 27.3 Å². The summed E-state index contributed by atoms with van der Waals surface area (Å²) in [6.07, 6.45) is 4.88. The van der Waals surface area contributed by atoms with Crippen LogP contribution in [0.3, 0.4) is 0 Å². The van der Waals surface area contributed by atoms with Crippen molar-refractivity contribution in [1.82, 2.24) is 25.1 Å². The third kappa shape index (κ3) is 3.70. The van der Waals surface area contributed by atoms with Crippen molar-refractivity contribution in [2.45, 2.75) is 45.8 Å². The standard InChI is InChI=1S/C18H26N6O2/c1-4-9-24-14(3)15(13(2)22-24)16(25)21-11-18(26)6-10-23(12-18)17-19-7-5-8-20-17/h5,7-8,26H,4,6,9-12H2,1-3H3,(H,21,25)/t18-/m1/s1. The summed E-state index contributed by atoms with van der Waals surface area (Å²) in [6, 6.07) is 1.76. The first-order valence-electron chi connectivity index (χ1n) is 9.00. The van der Waals surface area contributed by atoms with E-state index in [4.69, 9.17) is 0 Å². The molecule has 26 heavy (non-hydrogen) atoms. The number of nitrogens with zero attached hydrogens (tertiary/aromatic N) is 5. The molecule has 1 atom stereocenters. The molecule has 0 aliphatic carbocycles. The molecule has 1 amide bonds. The molecule has 140 valence electrons. The number of β-amino-alcohol motifs (C(OH)–C–C–N with tert-alkyl or cyclic N) is 1. The lowest BCUT2D eigenvalue weighted by Gasteiger charge is -2.23. The molecule has 1 aliphatic rings. The molecule has 1 fully saturated rings. The quantitative estimate of drug-likeness (QED) is 0.802. The van der Waals surface area contributed by atoms with Crippen LogP contribution in [-0.4, -0.2) is 56.0 Å². The fourth-order valence-electron chi connectivity index (χ4n) is 3.41. The van der Waals surface area contributed by atoms with Gasteiger partial charge in [0, 0.05) is 37.7 Å². The number of carbonyl (C=O) groups excluding carboxylic acids is 1. The van der Waals surface area contributed by atoms with Gasteiger partial charge >= 0.3 is 0 Å². The normalized spacial score (nSPS) is 19.8. The van der Waals surface area contributed by atoms with Crippen molar-refractivity contribution >= 4 is 11.9 Å². The Hall–Kier alpha value is -2.48. The van der Waals surface area contributed by atoms with E-state index in [1.165, 1.54) is 0 Å². The number of amides is 1. The zero-order valence-corrected chi connectivity index (χ0v) is 15.6. The Morgan fingerprint density at radius 2 is 2.08 bits per heavy atom. The van der Waals surface area contributed by atoms with Crippen molar-refractivity contribution < 1.29 is 9.90 Å². The Morgan fingerprint density at radius 1 is 1.35 bits per heavy atom. The van der Waals surface area contributed by atoms with Gasteiger partial charge in [-0.1, -0.05) is 6.92 Å². The van der Waals surface area contributed by atoms with Gasteiger partial charge in [-0.15, -0.1) is 0 Å². The molecule has 1 aliphatic heterocycles. The van der Waals surface area contributed by atoms with Gasteiger partial charge < -0.3 is 15.3 Å². The van der Waals surface area contributed by atoms with E-state index in [-0.39, 0.29) is 12.5 Å². The number of aryl methyl sites for hydroxylation is 2. The predicted octanol–water partition coefficient (Wildman–Crippen LogP) is 1.07. The highest BCUT2D eigenvalue weighted by Gasteiger charge is 2.37. The molecule has 0 bridgehead atoms. The van der Waals surface area contributed by atoms with E-state index in [1.807, 2.05) is 23.4 Å². The Morgan fingerprint density at radius 3 is 2.77 bits per heavy atom. The zero-order valence-electron chi connectivity index (χ0n) is 15.6. The van der Waals surface area contributed by atoms with Gasteiger partial charge in [0.15, 0.2) is 0 Å². The largest absolute Gasteiger partial charge is 0.386 e. The summed E-state index contributed by atoms with van der Waals surface area (Å²) >= 11 is 0. The molecule has 3 rings (SSSR count). The van der Waals surface area contributed by atoms with E-state index in [1.54, 1.807) is 18.5 Å². The number of hydrogen-bond acceptors (Lipinski definition) is 6. The summed E-state index contributed by atoms with van der Waals surface area (Å²) in [5, 5.41) is 18.1. The van der Waals surface area contributed by atoms with Gasteiger partial charge in [0.05, 0.1) is 17.8 Å². The minimum Gasteiger partial charge on any atom is -0.386 e. The maximum Gasteiger partial charge on any atom is 0.255 e. The first-order valence-corrected chi connectivity index (χ1v) is 9.00. The molecule has 1 saturated heterocycles. The van der Waals surface area contributed by atoms with E-state index < -0.39 is 5.60 Å². The van der Waals surface area contributed by atoms with Crippen LogP contribution in [0.1, 0.15) is 41.5 Å². The SMILES string of the molecule is CCCn1nc(C)c(C(=O)NC[C@]2(O)CCN(c3ncccn3)C2)c1C. The Labute approximate surface area is 153 Å². The zero-order chi connectivity index (χ0) is 18.7. The third-order valence-corrected chi connectivity index (χ3v) is 4.79. The lowest BCUT2D eigenvalue weighted by molar-refractivity contribution is 0.0575. The van der Waals surface area contributed by atoms with E-state index in [9.17, 15) is 9.90 Å². The van der Waals surface area contributed by atoms with Crippen molar-refractivity contribution in [3.05, 3.63) is 35.4 Å². The second-order valence-electron chi connectivity index (χ2n) is 6.90. The van der Waals surface area contributed by atoms with Gasteiger partial charge in [-0.2, -0.15) is 5.10 Å². The number of rotatable bonds is 6. The molecule has 0 radical (unpaired) electrons. The molecule has 2 aromatic heterocycles. The lowest BCUT2D eigenvalue weighted by atomic mass is 10.0. The summed E-state index contributed by atoms with van der Waals surface area (Å²) in [7, 11) is 0. The van der Waals surface area contributed by atoms with E-state index in [0.717, 1.165) is 18.7 Å². The van der Waals surface area contributed by atoms with Crippen molar-refractivity contribution in [3.8, 4) is 0 Å². The summed E-state index contributed by atoms with van der Waals surface area (Å²) in [6.45, 7) is 7.85. The lowest BCUT2D eigenvalue weighted by Crippen LogP contribution is -2.45. The summed E-state index contributed by atoms with van der Waals surface area (Å²) in [5.74, 6) is 0.410. The van der Waals surface area contributed by atoms with E-state index >= 15 is 0 Å². The first-order chi connectivity index (χ1) is 12.4. The second kappa shape index (κ2) is 7.41. The summed E-state index contributed by atoms with van der Waals surface area (Å²) < 4.78 is 1.86. The number of nitrogens with one attached hydrogen (secondary N) is 1. The Balaban J connectivity index is 1.63. The van der Waals surface area contributed by atoms with Crippen LogP contribution in [0.5, 0.6) is 0 Å². The fourth-order valence-corrected chi connectivity index (χ4v) is 3.41. The molecule has 0 aromatic carbocycles. The molecular weight excluding hydrogens is 332 g/mol. The maximum absolute atomic E-state index is 12.6. The van der Waals surface area contributed by atoms with Gasteiger partial charge in [0.2, 0.25) is 5.95 Å². The predicted molar refractivity (Wildman–Crippen MR) is 98.1 cm³/mol. The highest BCUT2D eigenvalue weighted by atomic mass is 16.3. The highest BCUT2D eigenvalue weighted by molar-refractivity contribution is 5.96. The number of carbonyl (C=O) groups is 1. The van der Waals surface area contributed by atoms with Crippen molar-refractivity contribution in [2.24, 2.45) is 0 Å². The van der Waals surface area contributed by atoms with Crippen LogP contribution in [0.4, 0.5) is 5.95 Å². The molecule has 2 N–H and O–H groups in total. The maximum atomic E-state index is 12.6. The highest BCUT2D eigenvalue weighted by Crippen LogP contribution is 2.24. The Bertz CT molecular complexity index is 775. The monoisotopic (exact) mass is 358 g/mol. The Kier molecular flexibility index (Phi) is 5.22. The van der Waals surface area contributed by atoms with Crippen LogP contribution in [0.2, 0.25) is 0 Å². The fraction of sp³-hybridized carbons (Fsp3) is 0.556. The van der Waals surface area contributed by atoms with Gasteiger partial charge in [-0.25, -0.2) is 9.97 Å². The van der Waals surface area contributed by atoms with Crippen molar-refractivity contribution in [1.29, 1.82) is 0 Å². The molecule has 0 spiro atoms. The molecule has 0 unspecified atom stereocenters. The minimum absolute atomic E-state index is 0.188. The van der Waals surface area contributed by atoms with Crippen LogP contribution < -0.4 is 10.2 Å². The number of anilines is 1. The molecule has 8 heteroatoms. The van der Waals surface area contributed by atoms with Crippen molar-refractivity contribution in [2.75, 3.05) is 24.5 Å². The van der Waals surface area contributed by atoms with Gasteiger partial charge in [-0.05, 0) is 32.8 Å². The number of hydrogen-bond donors (Lipinski definition) is 2. The summed E-state index contributed by atoms with van der Waals surface area (Å²) in [4.78, 5) is 23.0. The average Bonchev–Trinajstić information content (AvgIpc) is 3.15. The molecule has 8 nitrogen and oxygen atoms in total. The van der Waals surface area contributed by atoms with Crippen LogP contribution >= 0.6 is 0 Å². The number of aromatic nitrogens is 4. The van der Waals surface area contributed by atoms with Gasteiger partial charge in [0.25, 0.3) is 5.91 Å². The molecule has 0 saturated carbocycles. The second-order valence-corrected chi connectivity index (χ2v) is 6.90. The van der Waals surface area contributed by atoms with Gasteiger partial charge in [0.1, 0.15) is 5.60 Å². The number of aliphatic hydroxyl groups is 1.